The molecular formula is C18H22N8O2. The largest absolute Gasteiger partial charge is 0.493 e. The van der Waals surface area contributed by atoms with E-state index in [0.29, 0.717) is 28.6 Å². The number of aromatic amines is 2. The van der Waals surface area contributed by atoms with Gasteiger partial charge in [-0.1, -0.05) is 0 Å². The van der Waals surface area contributed by atoms with Crippen LogP contribution in [0.2, 0.25) is 0 Å². The average Bonchev–Trinajstić information content (AvgIpc) is 3.32. The summed E-state index contributed by atoms with van der Waals surface area (Å²) in [6, 6.07) is 2.66. The van der Waals surface area contributed by atoms with E-state index < -0.39 is 5.69 Å². The first-order valence-corrected chi connectivity index (χ1v) is 9.58. The highest BCUT2D eigenvalue weighted by Gasteiger charge is 2.21. The van der Waals surface area contributed by atoms with Crippen LogP contribution in [0.5, 0.6) is 5.88 Å². The van der Waals surface area contributed by atoms with E-state index in [1.54, 1.807) is 16.8 Å². The normalized spacial score (nSPS) is 19.6. The molecule has 1 aliphatic heterocycles. The molecule has 0 atom stereocenters. The number of H-pyrrole nitrogens is 2. The van der Waals surface area contributed by atoms with Crippen molar-refractivity contribution in [2.24, 2.45) is 4.99 Å². The monoisotopic (exact) mass is 382 g/mol. The topological polar surface area (TPSA) is 135 Å². The summed E-state index contributed by atoms with van der Waals surface area (Å²) in [6.07, 6.45) is 7.58. The third-order valence-corrected chi connectivity index (χ3v) is 5.07. The summed E-state index contributed by atoms with van der Waals surface area (Å²) in [5.41, 5.74) is 1.21. The predicted octanol–water partition coefficient (Wildman–Crippen LogP) is -0.774. The number of piperidine rings is 1. The summed E-state index contributed by atoms with van der Waals surface area (Å²) in [4.78, 5) is 25.8. The summed E-state index contributed by atoms with van der Waals surface area (Å²) in [7, 11) is 0. The van der Waals surface area contributed by atoms with E-state index in [-0.39, 0.29) is 5.88 Å². The highest BCUT2D eigenvalue weighted by Crippen LogP contribution is 2.22. The van der Waals surface area contributed by atoms with E-state index in [1.165, 1.54) is 0 Å². The molecule has 10 heteroatoms. The number of hydrogen-bond acceptors (Lipinski definition) is 7. The van der Waals surface area contributed by atoms with Crippen LogP contribution in [0.25, 0.3) is 11.7 Å². The van der Waals surface area contributed by atoms with Crippen molar-refractivity contribution in [2.45, 2.75) is 37.8 Å². The molecule has 0 amide bonds. The van der Waals surface area contributed by atoms with Gasteiger partial charge in [0, 0.05) is 17.3 Å². The van der Waals surface area contributed by atoms with Crippen molar-refractivity contribution in [2.75, 3.05) is 18.4 Å². The van der Waals surface area contributed by atoms with Gasteiger partial charge in [-0.25, -0.2) is 9.78 Å². The van der Waals surface area contributed by atoms with Crippen molar-refractivity contribution in [3.63, 3.8) is 0 Å². The van der Waals surface area contributed by atoms with E-state index >= 15 is 0 Å². The molecule has 3 aromatic rings. The third-order valence-electron chi connectivity index (χ3n) is 5.07. The van der Waals surface area contributed by atoms with Gasteiger partial charge < -0.3 is 20.7 Å². The first-order valence-electron chi connectivity index (χ1n) is 9.58. The lowest BCUT2D eigenvalue weighted by molar-refractivity contribution is 0.454. The molecule has 3 aromatic heterocycles. The molecule has 5 N–H and O–H groups in total. The first-order chi connectivity index (χ1) is 13.7. The number of anilines is 1. The van der Waals surface area contributed by atoms with Gasteiger partial charge in [0.2, 0.25) is 5.88 Å². The molecule has 0 bridgehead atoms. The molecule has 10 nitrogen and oxygen atoms in total. The molecule has 28 heavy (non-hydrogen) atoms. The summed E-state index contributed by atoms with van der Waals surface area (Å²) in [6.45, 7) is 1.98. The fourth-order valence-corrected chi connectivity index (χ4v) is 3.45. The van der Waals surface area contributed by atoms with Gasteiger partial charge in [-0.05, 0) is 44.8 Å². The minimum absolute atomic E-state index is 0.212. The van der Waals surface area contributed by atoms with Gasteiger partial charge in [0.05, 0.1) is 12.2 Å². The molecule has 0 spiro atoms. The molecule has 1 saturated heterocycles. The average molecular weight is 382 g/mol. The minimum atomic E-state index is -0.467. The Morgan fingerprint density at radius 3 is 2.79 bits per heavy atom. The lowest BCUT2D eigenvalue weighted by Gasteiger charge is -2.24. The predicted molar refractivity (Wildman–Crippen MR) is 103 cm³/mol. The Balaban J connectivity index is 1.63. The third kappa shape index (κ3) is 3.38. The quantitative estimate of drug-likeness (QED) is 0.402. The van der Waals surface area contributed by atoms with Crippen molar-refractivity contribution in [3.8, 4) is 5.88 Å². The molecule has 0 radical (unpaired) electrons. The maximum absolute atomic E-state index is 11.4. The van der Waals surface area contributed by atoms with Crippen LogP contribution >= 0.6 is 0 Å². The van der Waals surface area contributed by atoms with E-state index in [9.17, 15) is 9.90 Å². The number of rotatable bonds is 4. The van der Waals surface area contributed by atoms with E-state index in [2.05, 4.69) is 25.7 Å². The maximum Gasteiger partial charge on any atom is 0.326 e. The Bertz CT molecular complexity index is 1180. The van der Waals surface area contributed by atoms with E-state index in [0.717, 1.165) is 50.1 Å². The number of imidazole rings is 1. The number of fused-ring (bicyclic) bond motifs is 1. The fourth-order valence-electron chi connectivity index (χ4n) is 3.45. The van der Waals surface area contributed by atoms with E-state index in [4.69, 9.17) is 9.98 Å². The van der Waals surface area contributed by atoms with Crippen LogP contribution in [0.3, 0.4) is 0 Å². The zero-order valence-corrected chi connectivity index (χ0v) is 15.3. The summed E-state index contributed by atoms with van der Waals surface area (Å²) in [5, 5.41) is 21.9. The van der Waals surface area contributed by atoms with Gasteiger partial charge in [0.15, 0.2) is 11.1 Å². The second kappa shape index (κ2) is 6.79. The lowest BCUT2D eigenvalue weighted by Crippen LogP contribution is -2.36. The molecule has 146 valence electrons. The van der Waals surface area contributed by atoms with Crippen molar-refractivity contribution in [1.82, 2.24) is 29.9 Å². The second-order valence-electron chi connectivity index (χ2n) is 7.35. The number of aromatic hydroxyl groups is 1. The van der Waals surface area contributed by atoms with Crippen LogP contribution in [0, 0.1) is 0 Å². The molecule has 2 aliphatic rings. The lowest BCUT2D eigenvalue weighted by atomic mass is 10.1. The standard InChI is InChI=1S/C18H22N8O2/c27-17-13(23-18(28)25-17)7-10-9-20-26-15(22-11-1-2-11)8-14(24-16(10)26)21-12-3-5-19-6-4-12/h7-9,11-12,19,21,27H,1-6H2,(H2,23,25,28)/b10-7+,22-15?. The van der Waals surface area contributed by atoms with E-state index in [1.807, 2.05) is 6.07 Å². The van der Waals surface area contributed by atoms with Crippen LogP contribution in [0.15, 0.2) is 22.1 Å². The Kier molecular flexibility index (Phi) is 4.12. The number of nitrogens with zero attached hydrogens (tertiary/aromatic N) is 4. The van der Waals surface area contributed by atoms with Gasteiger partial charge >= 0.3 is 5.69 Å². The smallest absolute Gasteiger partial charge is 0.326 e. The highest BCUT2D eigenvalue weighted by molar-refractivity contribution is 5.58. The van der Waals surface area contributed by atoms with Crippen molar-refractivity contribution >= 4 is 17.5 Å². The molecule has 1 saturated carbocycles. The van der Waals surface area contributed by atoms with Crippen molar-refractivity contribution in [1.29, 1.82) is 0 Å². The Morgan fingerprint density at radius 2 is 2.07 bits per heavy atom. The molecule has 4 heterocycles. The van der Waals surface area contributed by atoms with Crippen LogP contribution in [-0.4, -0.2) is 54.8 Å². The van der Waals surface area contributed by atoms with Crippen LogP contribution in [-0.2, 0) is 0 Å². The number of aromatic nitrogens is 5. The molecule has 1 aliphatic carbocycles. The van der Waals surface area contributed by atoms with Gasteiger partial charge in [-0.15, -0.1) is 0 Å². The Morgan fingerprint density at radius 1 is 1.25 bits per heavy atom. The summed E-state index contributed by atoms with van der Waals surface area (Å²) < 4.78 is 1.71. The Labute approximate surface area is 159 Å². The fraction of sp³-hybridized carbons (Fsp3) is 0.444. The zero-order valence-electron chi connectivity index (χ0n) is 15.3. The van der Waals surface area contributed by atoms with Gasteiger partial charge in [0.1, 0.15) is 11.5 Å². The maximum atomic E-state index is 11.4. The van der Waals surface area contributed by atoms with Gasteiger partial charge in [-0.3, -0.25) is 9.98 Å². The molecule has 0 aromatic carbocycles. The molecule has 2 fully saturated rings. The minimum Gasteiger partial charge on any atom is -0.493 e. The van der Waals surface area contributed by atoms with Crippen LogP contribution in [0.1, 0.15) is 31.4 Å². The second-order valence-corrected chi connectivity index (χ2v) is 7.35. The van der Waals surface area contributed by atoms with Crippen LogP contribution in [0.4, 0.5) is 5.82 Å². The Hall–Kier alpha value is -3.14. The molecular weight excluding hydrogens is 360 g/mol. The SMILES string of the molecule is O=c1[nH]c(O)c(/C=c2\cnn3c(=NC4CC4)cc(NC4CCNCC4)nc23)[nH]1. The van der Waals surface area contributed by atoms with Crippen molar-refractivity contribution in [3.05, 3.63) is 39.1 Å². The number of nitrogens with one attached hydrogen (secondary N) is 4. The summed E-state index contributed by atoms with van der Waals surface area (Å²) in [5.74, 6) is 0.553. The van der Waals surface area contributed by atoms with Gasteiger partial charge in [0.25, 0.3) is 0 Å². The van der Waals surface area contributed by atoms with Gasteiger partial charge in [-0.2, -0.15) is 9.61 Å². The summed E-state index contributed by atoms with van der Waals surface area (Å²) >= 11 is 0. The molecule has 5 rings (SSSR count). The van der Waals surface area contributed by atoms with Crippen molar-refractivity contribution < 1.29 is 5.11 Å². The molecule has 0 unspecified atom stereocenters. The first kappa shape index (κ1) is 17.0. The van der Waals surface area contributed by atoms with Crippen LogP contribution < -0.4 is 27.0 Å². The highest BCUT2D eigenvalue weighted by atomic mass is 16.3. The number of hydrogen-bond donors (Lipinski definition) is 5. The zero-order chi connectivity index (χ0) is 19.1.